The third kappa shape index (κ3) is 3.09. The van der Waals surface area contributed by atoms with Gasteiger partial charge in [0.15, 0.2) is 0 Å². The van der Waals surface area contributed by atoms with Crippen molar-refractivity contribution in [2.45, 2.75) is 12.6 Å². The average Bonchev–Trinajstić information content (AvgIpc) is 2.19. The van der Waals surface area contributed by atoms with E-state index in [1.807, 2.05) is 0 Å². The Morgan fingerprint density at radius 1 is 1.33 bits per heavy atom. The number of ether oxygens (including phenoxy) is 2. The van der Waals surface area contributed by atoms with Crippen molar-refractivity contribution in [1.29, 1.82) is 0 Å². The number of halogens is 1. The molecule has 3 N–H and O–H groups in total. The second-order valence-electron chi connectivity index (χ2n) is 3.07. The third-order valence-electron chi connectivity index (χ3n) is 1.98. The van der Waals surface area contributed by atoms with E-state index in [-0.39, 0.29) is 0 Å². The highest BCUT2D eigenvalue weighted by atomic mass is 79.9. The van der Waals surface area contributed by atoms with Gasteiger partial charge in [-0.3, -0.25) is 0 Å². The summed E-state index contributed by atoms with van der Waals surface area (Å²) >= 11 is 3.35. The quantitative estimate of drug-likeness (QED) is 0.813. The van der Waals surface area contributed by atoms with E-state index in [2.05, 4.69) is 15.9 Å². The number of rotatable bonds is 4. The maximum atomic E-state index is 9.13. The summed E-state index contributed by atoms with van der Waals surface area (Å²) in [6.45, 7) is 0. The Balaban J connectivity index is 3.10. The number of hydrogen-bond donors (Lipinski definition) is 2. The molecule has 0 aliphatic rings. The van der Waals surface area contributed by atoms with Crippen molar-refractivity contribution >= 4 is 15.9 Å². The number of aliphatic hydroxyl groups excluding tert-OH is 1. The standard InChI is InChI=1S/C10H14BrNO3/c1-14-8-5-7(11)9(15-2)3-6(8)4-10(12)13/h3,5,10,13H,4,12H2,1-2H3. The van der Waals surface area contributed by atoms with Crippen molar-refractivity contribution < 1.29 is 14.6 Å². The first-order valence-corrected chi connectivity index (χ1v) is 5.21. The molecule has 0 heterocycles. The second kappa shape index (κ2) is 5.34. The highest BCUT2D eigenvalue weighted by Crippen LogP contribution is 2.33. The smallest absolute Gasteiger partial charge is 0.133 e. The summed E-state index contributed by atoms with van der Waals surface area (Å²) in [5, 5.41) is 9.13. The maximum absolute atomic E-state index is 9.13. The topological polar surface area (TPSA) is 64.7 Å². The summed E-state index contributed by atoms with van der Waals surface area (Å²) in [6.07, 6.45) is -0.572. The van der Waals surface area contributed by atoms with Crippen molar-refractivity contribution in [2.24, 2.45) is 5.73 Å². The van der Waals surface area contributed by atoms with Crippen LogP contribution in [0, 0.1) is 0 Å². The number of aliphatic hydroxyl groups is 1. The largest absolute Gasteiger partial charge is 0.496 e. The van der Waals surface area contributed by atoms with Crippen LogP contribution in [0.15, 0.2) is 16.6 Å². The molecule has 0 aliphatic heterocycles. The van der Waals surface area contributed by atoms with E-state index >= 15 is 0 Å². The number of methoxy groups -OCH3 is 2. The van der Waals surface area contributed by atoms with Crippen LogP contribution in [-0.2, 0) is 6.42 Å². The average molecular weight is 276 g/mol. The number of nitrogens with two attached hydrogens (primary N) is 1. The van der Waals surface area contributed by atoms with Crippen LogP contribution in [0.1, 0.15) is 5.56 Å². The van der Waals surface area contributed by atoms with E-state index in [0.29, 0.717) is 17.9 Å². The molecule has 1 unspecified atom stereocenters. The van der Waals surface area contributed by atoms with Gasteiger partial charge in [-0.1, -0.05) is 0 Å². The predicted octanol–water partition coefficient (Wildman–Crippen LogP) is 1.29. The Morgan fingerprint density at radius 3 is 2.40 bits per heavy atom. The first-order chi connectivity index (χ1) is 7.08. The van der Waals surface area contributed by atoms with E-state index in [9.17, 15) is 0 Å². The van der Waals surface area contributed by atoms with Crippen molar-refractivity contribution in [3.63, 3.8) is 0 Å². The Labute approximate surface area is 97.1 Å². The van der Waals surface area contributed by atoms with Crippen LogP contribution in [0.25, 0.3) is 0 Å². The van der Waals surface area contributed by atoms with Crippen LogP contribution in [-0.4, -0.2) is 25.6 Å². The van der Waals surface area contributed by atoms with Gasteiger partial charge in [0.2, 0.25) is 0 Å². The van der Waals surface area contributed by atoms with Gasteiger partial charge in [0.1, 0.15) is 17.7 Å². The zero-order chi connectivity index (χ0) is 11.4. The number of hydrogen-bond acceptors (Lipinski definition) is 4. The monoisotopic (exact) mass is 275 g/mol. The van der Waals surface area contributed by atoms with Gasteiger partial charge in [0.05, 0.1) is 18.7 Å². The molecular weight excluding hydrogens is 262 g/mol. The van der Waals surface area contributed by atoms with Gasteiger partial charge in [-0.25, -0.2) is 0 Å². The highest BCUT2D eigenvalue weighted by molar-refractivity contribution is 9.10. The molecule has 0 bridgehead atoms. The van der Waals surface area contributed by atoms with Gasteiger partial charge in [0, 0.05) is 12.0 Å². The molecule has 0 spiro atoms. The van der Waals surface area contributed by atoms with Gasteiger partial charge >= 0.3 is 0 Å². The zero-order valence-corrected chi connectivity index (χ0v) is 10.2. The minimum absolute atomic E-state index is 0.326. The van der Waals surface area contributed by atoms with E-state index < -0.39 is 6.23 Å². The lowest BCUT2D eigenvalue weighted by molar-refractivity contribution is 0.181. The van der Waals surface area contributed by atoms with Crippen LogP contribution in [0.2, 0.25) is 0 Å². The van der Waals surface area contributed by atoms with E-state index in [1.165, 1.54) is 0 Å². The summed E-state index contributed by atoms with van der Waals surface area (Å²) < 4.78 is 11.1. The van der Waals surface area contributed by atoms with Crippen LogP contribution in [0.4, 0.5) is 0 Å². The first-order valence-electron chi connectivity index (χ1n) is 4.42. The van der Waals surface area contributed by atoms with Crippen LogP contribution < -0.4 is 15.2 Å². The molecule has 1 aromatic carbocycles. The minimum Gasteiger partial charge on any atom is -0.496 e. The Morgan fingerprint density at radius 2 is 1.93 bits per heavy atom. The van der Waals surface area contributed by atoms with Crippen LogP contribution >= 0.6 is 15.9 Å². The summed E-state index contributed by atoms with van der Waals surface area (Å²) in [4.78, 5) is 0. The molecule has 1 atom stereocenters. The summed E-state index contributed by atoms with van der Waals surface area (Å²) in [5.74, 6) is 1.36. The summed E-state index contributed by atoms with van der Waals surface area (Å²) in [6, 6.07) is 3.58. The van der Waals surface area contributed by atoms with Crippen molar-refractivity contribution in [3.8, 4) is 11.5 Å². The lowest BCUT2D eigenvalue weighted by Gasteiger charge is -2.13. The summed E-state index contributed by atoms with van der Waals surface area (Å²) in [5.41, 5.74) is 6.14. The normalized spacial score (nSPS) is 12.3. The fourth-order valence-electron chi connectivity index (χ4n) is 1.31. The molecule has 0 saturated heterocycles. The fourth-order valence-corrected chi connectivity index (χ4v) is 1.79. The molecule has 1 rings (SSSR count). The number of benzene rings is 1. The van der Waals surface area contributed by atoms with Crippen molar-refractivity contribution in [2.75, 3.05) is 14.2 Å². The maximum Gasteiger partial charge on any atom is 0.133 e. The lowest BCUT2D eigenvalue weighted by atomic mass is 10.1. The lowest BCUT2D eigenvalue weighted by Crippen LogP contribution is -2.21. The second-order valence-corrected chi connectivity index (χ2v) is 3.92. The van der Waals surface area contributed by atoms with Crippen molar-refractivity contribution in [1.82, 2.24) is 0 Å². The zero-order valence-electron chi connectivity index (χ0n) is 8.66. The van der Waals surface area contributed by atoms with Crippen LogP contribution in [0.3, 0.4) is 0 Å². The first kappa shape index (κ1) is 12.3. The van der Waals surface area contributed by atoms with Crippen LogP contribution in [0.5, 0.6) is 11.5 Å². The third-order valence-corrected chi connectivity index (χ3v) is 2.60. The molecule has 0 aromatic heterocycles. The molecule has 0 aliphatic carbocycles. The molecule has 5 heteroatoms. The highest BCUT2D eigenvalue weighted by Gasteiger charge is 2.11. The van der Waals surface area contributed by atoms with Gasteiger partial charge in [-0.15, -0.1) is 0 Å². The fraction of sp³-hybridized carbons (Fsp3) is 0.400. The van der Waals surface area contributed by atoms with Gasteiger partial charge < -0.3 is 20.3 Å². The van der Waals surface area contributed by atoms with E-state index in [0.717, 1.165) is 10.0 Å². The van der Waals surface area contributed by atoms with Gasteiger partial charge in [-0.05, 0) is 28.1 Å². The molecule has 1 aromatic rings. The predicted molar refractivity (Wildman–Crippen MR) is 61.1 cm³/mol. The molecule has 0 saturated carbocycles. The van der Waals surface area contributed by atoms with E-state index in [1.54, 1.807) is 26.4 Å². The Hall–Kier alpha value is -0.780. The molecule has 84 valence electrons. The minimum atomic E-state index is -0.898. The van der Waals surface area contributed by atoms with E-state index in [4.69, 9.17) is 20.3 Å². The summed E-state index contributed by atoms with van der Waals surface area (Å²) in [7, 11) is 3.15. The Bertz CT molecular complexity index is 342. The molecule has 0 radical (unpaired) electrons. The molecule has 15 heavy (non-hydrogen) atoms. The van der Waals surface area contributed by atoms with Gasteiger partial charge in [0.25, 0.3) is 0 Å². The van der Waals surface area contributed by atoms with Crippen molar-refractivity contribution in [3.05, 3.63) is 22.2 Å². The molecule has 0 amide bonds. The van der Waals surface area contributed by atoms with Gasteiger partial charge in [-0.2, -0.15) is 0 Å². The Kier molecular flexibility index (Phi) is 4.38. The molecule has 0 fully saturated rings. The SMILES string of the molecule is COc1cc(CC(N)O)c(OC)cc1Br. The molecule has 4 nitrogen and oxygen atoms in total. The molecular formula is C10H14BrNO3.